The van der Waals surface area contributed by atoms with Gasteiger partial charge in [-0.05, 0) is 54.6 Å². The van der Waals surface area contributed by atoms with E-state index in [0.29, 0.717) is 33.2 Å². The van der Waals surface area contributed by atoms with Crippen LogP contribution in [0.5, 0.6) is 0 Å². The van der Waals surface area contributed by atoms with Gasteiger partial charge in [-0.15, -0.1) is 0 Å². The molecule has 0 radical (unpaired) electrons. The van der Waals surface area contributed by atoms with Gasteiger partial charge in [-0.2, -0.15) is 0 Å². The first kappa shape index (κ1) is 20.1. The molecule has 0 aliphatic carbocycles. The lowest BCUT2D eigenvalue weighted by molar-refractivity contribution is -0.114. The van der Waals surface area contributed by atoms with Crippen LogP contribution in [0.4, 0.5) is 17.1 Å². The largest absolute Gasteiger partial charge is 0.325 e. The molecule has 3 N–H and O–H groups in total. The van der Waals surface area contributed by atoms with Crippen LogP contribution in [-0.4, -0.2) is 17.7 Å². The highest BCUT2D eigenvalue weighted by molar-refractivity contribution is 6.31. The Morgan fingerprint density at radius 2 is 1.31 bits per heavy atom. The third kappa shape index (κ3) is 5.43. The number of nitrogens with one attached hydrogen (secondary N) is 3. The quantitative estimate of drug-likeness (QED) is 0.567. The van der Waals surface area contributed by atoms with Crippen LogP contribution < -0.4 is 16.0 Å². The minimum absolute atomic E-state index is 0.235. The summed E-state index contributed by atoms with van der Waals surface area (Å²) in [6.07, 6.45) is 0. The van der Waals surface area contributed by atoms with E-state index in [-0.39, 0.29) is 17.7 Å². The molecule has 0 atom stereocenters. The van der Waals surface area contributed by atoms with Crippen LogP contribution in [0, 0.1) is 0 Å². The molecule has 0 aromatic heterocycles. The fourth-order valence-corrected chi connectivity index (χ4v) is 2.78. The second-order valence-corrected chi connectivity index (χ2v) is 6.66. The van der Waals surface area contributed by atoms with Gasteiger partial charge in [-0.1, -0.05) is 29.8 Å². The van der Waals surface area contributed by atoms with Gasteiger partial charge in [0.25, 0.3) is 11.8 Å². The molecular formula is C22H18ClN3O3. The maximum atomic E-state index is 12.6. The maximum Gasteiger partial charge on any atom is 0.255 e. The molecule has 3 aromatic carbocycles. The molecule has 0 aliphatic heterocycles. The van der Waals surface area contributed by atoms with E-state index in [9.17, 15) is 14.4 Å². The first-order valence-corrected chi connectivity index (χ1v) is 9.15. The number of hydrogen-bond donors (Lipinski definition) is 3. The first-order valence-electron chi connectivity index (χ1n) is 8.77. The summed E-state index contributed by atoms with van der Waals surface area (Å²) in [6.45, 7) is 1.38. The minimum Gasteiger partial charge on any atom is -0.325 e. The predicted molar refractivity (Wildman–Crippen MR) is 115 cm³/mol. The van der Waals surface area contributed by atoms with E-state index in [4.69, 9.17) is 11.6 Å². The second kappa shape index (κ2) is 9.03. The van der Waals surface area contributed by atoms with Crippen LogP contribution in [0.3, 0.4) is 0 Å². The number of amides is 3. The highest BCUT2D eigenvalue weighted by Gasteiger charge is 2.12. The summed E-state index contributed by atoms with van der Waals surface area (Å²) < 4.78 is 0. The normalized spacial score (nSPS) is 10.1. The zero-order valence-electron chi connectivity index (χ0n) is 15.5. The highest BCUT2D eigenvalue weighted by Crippen LogP contribution is 2.26. The number of benzene rings is 3. The van der Waals surface area contributed by atoms with E-state index < -0.39 is 0 Å². The number of carbonyl (C=O) groups excluding carboxylic acids is 3. The molecule has 0 bridgehead atoms. The molecule has 6 nitrogen and oxygen atoms in total. The zero-order valence-corrected chi connectivity index (χ0v) is 16.3. The SMILES string of the molecule is CC(=O)Nc1ccc(Cl)cc1NC(=O)c1ccc(NC(=O)c2ccccc2)cc1. The molecule has 3 rings (SSSR count). The summed E-state index contributed by atoms with van der Waals surface area (Å²) in [5, 5.41) is 8.58. The highest BCUT2D eigenvalue weighted by atomic mass is 35.5. The minimum atomic E-state index is -0.375. The van der Waals surface area contributed by atoms with Crippen molar-refractivity contribution in [3.05, 3.63) is 88.9 Å². The molecule has 0 spiro atoms. The number of anilines is 3. The lowest BCUT2D eigenvalue weighted by Gasteiger charge is -2.12. The van der Waals surface area contributed by atoms with Crippen LogP contribution >= 0.6 is 11.6 Å². The van der Waals surface area contributed by atoms with Crippen LogP contribution in [-0.2, 0) is 4.79 Å². The molecule has 0 heterocycles. The third-order valence-electron chi connectivity index (χ3n) is 3.98. The summed E-state index contributed by atoms with van der Waals surface area (Å²) in [5.74, 6) is -0.872. The summed E-state index contributed by atoms with van der Waals surface area (Å²) in [4.78, 5) is 36.1. The number of carbonyl (C=O) groups is 3. The van der Waals surface area contributed by atoms with Gasteiger partial charge in [0.1, 0.15) is 0 Å². The Bertz CT molecular complexity index is 1050. The Hall–Kier alpha value is -3.64. The van der Waals surface area contributed by atoms with Crippen LogP contribution in [0.15, 0.2) is 72.8 Å². The lowest BCUT2D eigenvalue weighted by atomic mass is 10.1. The summed E-state index contributed by atoms with van der Waals surface area (Å²) in [6, 6.07) is 20.1. The molecule has 0 aliphatic rings. The third-order valence-corrected chi connectivity index (χ3v) is 4.22. The smallest absolute Gasteiger partial charge is 0.255 e. The Morgan fingerprint density at radius 1 is 0.690 bits per heavy atom. The van der Waals surface area contributed by atoms with Crippen molar-refractivity contribution < 1.29 is 14.4 Å². The maximum absolute atomic E-state index is 12.6. The number of rotatable bonds is 5. The van der Waals surface area contributed by atoms with Gasteiger partial charge in [-0.3, -0.25) is 14.4 Å². The molecule has 146 valence electrons. The van der Waals surface area contributed by atoms with Crippen molar-refractivity contribution in [2.45, 2.75) is 6.92 Å². The number of halogens is 1. The Kier molecular flexibility index (Phi) is 6.26. The Labute approximate surface area is 172 Å². The van der Waals surface area contributed by atoms with Gasteiger partial charge in [0.05, 0.1) is 11.4 Å². The van der Waals surface area contributed by atoms with Crippen molar-refractivity contribution in [1.82, 2.24) is 0 Å². The molecule has 0 saturated heterocycles. The number of hydrogen-bond acceptors (Lipinski definition) is 3. The molecular weight excluding hydrogens is 390 g/mol. The fourth-order valence-electron chi connectivity index (χ4n) is 2.61. The van der Waals surface area contributed by atoms with Gasteiger partial charge >= 0.3 is 0 Å². The van der Waals surface area contributed by atoms with Crippen molar-refractivity contribution in [3.8, 4) is 0 Å². The second-order valence-electron chi connectivity index (χ2n) is 6.22. The van der Waals surface area contributed by atoms with Crippen molar-refractivity contribution in [3.63, 3.8) is 0 Å². The van der Waals surface area contributed by atoms with Crippen molar-refractivity contribution in [2.24, 2.45) is 0 Å². The summed E-state index contributed by atoms with van der Waals surface area (Å²) in [5.41, 5.74) is 2.33. The lowest BCUT2D eigenvalue weighted by Crippen LogP contribution is -2.15. The first-order chi connectivity index (χ1) is 13.9. The standard InChI is InChI=1S/C22H18ClN3O3/c1-14(27)24-19-12-9-17(23)13-20(19)26-22(29)16-7-10-18(11-8-16)25-21(28)15-5-3-2-4-6-15/h2-13H,1H3,(H,24,27)(H,25,28)(H,26,29). The van der Waals surface area contributed by atoms with E-state index in [1.165, 1.54) is 6.92 Å². The van der Waals surface area contributed by atoms with E-state index in [1.54, 1.807) is 66.7 Å². The molecule has 3 amide bonds. The Balaban J connectivity index is 1.70. The molecule has 3 aromatic rings. The predicted octanol–water partition coefficient (Wildman–Crippen LogP) is 4.80. The van der Waals surface area contributed by atoms with Gasteiger partial charge in [0.2, 0.25) is 5.91 Å². The van der Waals surface area contributed by atoms with Crippen LogP contribution in [0.2, 0.25) is 5.02 Å². The van der Waals surface area contributed by atoms with Gasteiger partial charge in [-0.25, -0.2) is 0 Å². The summed E-state index contributed by atoms with van der Waals surface area (Å²) >= 11 is 6.00. The fraction of sp³-hybridized carbons (Fsp3) is 0.0455. The summed E-state index contributed by atoms with van der Waals surface area (Å²) in [7, 11) is 0. The van der Waals surface area contributed by atoms with Crippen molar-refractivity contribution >= 4 is 46.4 Å². The molecule has 0 saturated carbocycles. The van der Waals surface area contributed by atoms with E-state index in [2.05, 4.69) is 16.0 Å². The van der Waals surface area contributed by atoms with Crippen LogP contribution in [0.1, 0.15) is 27.6 Å². The van der Waals surface area contributed by atoms with E-state index in [1.807, 2.05) is 6.07 Å². The van der Waals surface area contributed by atoms with E-state index >= 15 is 0 Å². The molecule has 7 heteroatoms. The van der Waals surface area contributed by atoms with E-state index in [0.717, 1.165) is 0 Å². The van der Waals surface area contributed by atoms with Crippen molar-refractivity contribution in [1.29, 1.82) is 0 Å². The molecule has 0 fully saturated rings. The van der Waals surface area contributed by atoms with Gasteiger partial charge < -0.3 is 16.0 Å². The van der Waals surface area contributed by atoms with Crippen molar-refractivity contribution in [2.75, 3.05) is 16.0 Å². The average Bonchev–Trinajstić information content (AvgIpc) is 2.71. The van der Waals surface area contributed by atoms with Gasteiger partial charge in [0, 0.05) is 28.8 Å². The van der Waals surface area contributed by atoms with Gasteiger partial charge in [0.15, 0.2) is 0 Å². The zero-order chi connectivity index (χ0) is 20.8. The molecule has 29 heavy (non-hydrogen) atoms. The molecule has 0 unspecified atom stereocenters. The average molecular weight is 408 g/mol. The monoisotopic (exact) mass is 407 g/mol. The topological polar surface area (TPSA) is 87.3 Å². The Morgan fingerprint density at radius 3 is 1.97 bits per heavy atom. The van der Waals surface area contributed by atoms with Crippen LogP contribution in [0.25, 0.3) is 0 Å².